The first-order chi connectivity index (χ1) is 10.3. The van der Waals surface area contributed by atoms with Crippen molar-refractivity contribution in [1.29, 1.82) is 0 Å². The number of rotatable bonds is 7. The van der Waals surface area contributed by atoms with Crippen LogP contribution in [0.5, 0.6) is 0 Å². The van der Waals surface area contributed by atoms with Crippen LogP contribution in [0.2, 0.25) is 0 Å². The van der Waals surface area contributed by atoms with Gasteiger partial charge in [-0.2, -0.15) is 4.98 Å². The SMILES string of the molecule is CCCNc1nc(NCC2(C3CC3)CC2)c2ccsc2n1. The van der Waals surface area contributed by atoms with Gasteiger partial charge >= 0.3 is 0 Å². The van der Waals surface area contributed by atoms with Crippen LogP contribution in [-0.4, -0.2) is 23.1 Å². The summed E-state index contributed by atoms with van der Waals surface area (Å²) in [6.45, 7) is 4.15. The Hall–Kier alpha value is -1.36. The summed E-state index contributed by atoms with van der Waals surface area (Å²) in [7, 11) is 0. The van der Waals surface area contributed by atoms with E-state index in [0.29, 0.717) is 5.41 Å². The van der Waals surface area contributed by atoms with Crippen molar-refractivity contribution in [3.05, 3.63) is 11.4 Å². The van der Waals surface area contributed by atoms with Crippen LogP contribution in [0.4, 0.5) is 11.8 Å². The number of nitrogens with one attached hydrogen (secondary N) is 2. The van der Waals surface area contributed by atoms with Gasteiger partial charge in [0, 0.05) is 13.1 Å². The standard InChI is InChI=1S/C16H22N4S/c1-2-8-17-15-19-13(12-5-9-21-14(12)20-15)18-10-16(6-7-16)11-3-4-11/h5,9,11H,2-4,6-8,10H2,1H3,(H2,17,18,19,20). The molecule has 0 amide bonds. The first-order valence-corrected chi connectivity index (χ1v) is 8.92. The van der Waals surface area contributed by atoms with Crippen molar-refractivity contribution >= 4 is 33.3 Å². The highest BCUT2D eigenvalue weighted by Gasteiger charge is 2.53. The fourth-order valence-corrected chi connectivity index (χ4v) is 3.92. The average molecular weight is 302 g/mol. The maximum atomic E-state index is 4.69. The predicted molar refractivity (Wildman–Crippen MR) is 89.1 cm³/mol. The Labute approximate surface area is 129 Å². The Bertz CT molecular complexity index is 643. The monoisotopic (exact) mass is 302 g/mol. The summed E-state index contributed by atoms with van der Waals surface area (Å²) in [6.07, 6.45) is 6.73. The van der Waals surface area contributed by atoms with E-state index in [-0.39, 0.29) is 0 Å². The first-order valence-electron chi connectivity index (χ1n) is 8.04. The largest absolute Gasteiger partial charge is 0.369 e. The fraction of sp³-hybridized carbons (Fsp3) is 0.625. The summed E-state index contributed by atoms with van der Waals surface area (Å²) in [6, 6.07) is 2.13. The van der Waals surface area contributed by atoms with Crippen LogP contribution in [0.25, 0.3) is 10.2 Å². The van der Waals surface area contributed by atoms with Crippen LogP contribution in [0.15, 0.2) is 11.4 Å². The van der Waals surface area contributed by atoms with E-state index in [9.17, 15) is 0 Å². The van der Waals surface area contributed by atoms with Crippen molar-refractivity contribution < 1.29 is 0 Å². The molecule has 2 saturated carbocycles. The van der Waals surface area contributed by atoms with Crippen molar-refractivity contribution in [2.75, 3.05) is 23.7 Å². The van der Waals surface area contributed by atoms with E-state index in [1.54, 1.807) is 11.3 Å². The summed E-state index contributed by atoms with van der Waals surface area (Å²) in [5.74, 6) is 2.74. The second kappa shape index (κ2) is 5.13. The van der Waals surface area contributed by atoms with Crippen molar-refractivity contribution in [3.8, 4) is 0 Å². The number of hydrogen-bond acceptors (Lipinski definition) is 5. The zero-order chi connectivity index (χ0) is 14.3. The summed E-state index contributed by atoms with van der Waals surface area (Å²) in [4.78, 5) is 10.4. The van der Waals surface area contributed by atoms with E-state index in [1.165, 1.54) is 25.7 Å². The summed E-state index contributed by atoms with van der Waals surface area (Å²) < 4.78 is 0. The van der Waals surface area contributed by atoms with Crippen LogP contribution in [-0.2, 0) is 0 Å². The quantitative estimate of drug-likeness (QED) is 0.808. The summed E-state index contributed by atoms with van der Waals surface area (Å²) in [5.41, 5.74) is 0.588. The lowest BCUT2D eigenvalue weighted by Gasteiger charge is -2.16. The Kier molecular flexibility index (Phi) is 3.25. The average Bonchev–Trinajstić information content (AvgIpc) is 3.40. The van der Waals surface area contributed by atoms with E-state index in [2.05, 4.69) is 34.0 Å². The second-order valence-corrected chi connectivity index (χ2v) is 7.35. The van der Waals surface area contributed by atoms with Gasteiger partial charge in [0.2, 0.25) is 5.95 Å². The van der Waals surface area contributed by atoms with E-state index >= 15 is 0 Å². The van der Waals surface area contributed by atoms with Gasteiger partial charge in [0.05, 0.1) is 5.39 Å². The second-order valence-electron chi connectivity index (χ2n) is 6.45. The molecule has 2 aliphatic rings. The van der Waals surface area contributed by atoms with Gasteiger partial charge in [-0.1, -0.05) is 6.92 Å². The van der Waals surface area contributed by atoms with Crippen molar-refractivity contribution in [1.82, 2.24) is 9.97 Å². The van der Waals surface area contributed by atoms with E-state index in [1.807, 2.05) is 0 Å². The highest BCUT2D eigenvalue weighted by Crippen LogP contribution is 2.61. The van der Waals surface area contributed by atoms with E-state index in [4.69, 9.17) is 4.98 Å². The van der Waals surface area contributed by atoms with Gasteiger partial charge in [0.25, 0.3) is 0 Å². The molecule has 2 fully saturated rings. The molecule has 0 atom stereocenters. The van der Waals surface area contributed by atoms with Crippen LogP contribution in [0, 0.1) is 11.3 Å². The van der Waals surface area contributed by atoms with Crippen molar-refractivity contribution in [2.24, 2.45) is 11.3 Å². The number of nitrogens with zero attached hydrogens (tertiary/aromatic N) is 2. The van der Waals surface area contributed by atoms with Gasteiger partial charge in [-0.05, 0) is 54.9 Å². The molecule has 2 N–H and O–H groups in total. The maximum Gasteiger partial charge on any atom is 0.226 e. The molecule has 0 unspecified atom stereocenters. The predicted octanol–water partition coefficient (Wildman–Crippen LogP) is 4.12. The van der Waals surface area contributed by atoms with Crippen LogP contribution in [0.3, 0.4) is 0 Å². The highest BCUT2D eigenvalue weighted by atomic mass is 32.1. The molecular formula is C16H22N4S. The van der Waals surface area contributed by atoms with Crippen LogP contribution >= 0.6 is 11.3 Å². The third-order valence-electron chi connectivity index (χ3n) is 4.80. The van der Waals surface area contributed by atoms with Crippen LogP contribution < -0.4 is 10.6 Å². The summed E-state index contributed by atoms with van der Waals surface area (Å²) >= 11 is 1.69. The molecule has 0 spiro atoms. The topological polar surface area (TPSA) is 49.8 Å². The minimum absolute atomic E-state index is 0.588. The van der Waals surface area contributed by atoms with Crippen molar-refractivity contribution in [2.45, 2.75) is 39.0 Å². The van der Waals surface area contributed by atoms with Gasteiger partial charge in [-0.3, -0.25) is 0 Å². The Balaban J connectivity index is 1.55. The first kappa shape index (κ1) is 13.3. The minimum Gasteiger partial charge on any atom is -0.369 e. The van der Waals surface area contributed by atoms with Gasteiger partial charge in [0.1, 0.15) is 10.6 Å². The zero-order valence-corrected chi connectivity index (χ0v) is 13.3. The molecule has 4 nitrogen and oxygen atoms in total. The van der Waals surface area contributed by atoms with Gasteiger partial charge in [0.15, 0.2) is 0 Å². The lowest BCUT2D eigenvalue weighted by atomic mass is 10.0. The van der Waals surface area contributed by atoms with Gasteiger partial charge in [-0.15, -0.1) is 11.3 Å². The summed E-state index contributed by atoms with van der Waals surface area (Å²) in [5, 5.41) is 10.2. The molecule has 112 valence electrons. The number of hydrogen-bond donors (Lipinski definition) is 2. The normalized spacial score (nSPS) is 19.7. The molecule has 0 radical (unpaired) electrons. The molecule has 2 heterocycles. The molecule has 2 aromatic heterocycles. The number of fused-ring (bicyclic) bond motifs is 1. The van der Waals surface area contributed by atoms with Gasteiger partial charge in [-0.25, -0.2) is 4.98 Å². The molecule has 4 rings (SSSR count). The molecule has 0 saturated heterocycles. The molecule has 0 bridgehead atoms. The molecule has 0 aromatic carbocycles. The van der Waals surface area contributed by atoms with E-state index in [0.717, 1.165) is 47.4 Å². The smallest absolute Gasteiger partial charge is 0.226 e. The lowest BCUT2D eigenvalue weighted by Crippen LogP contribution is -2.18. The van der Waals surface area contributed by atoms with Crippen LogP contribution in [0.1, 0.15) is 39.0 Å². The molecule has 21 heavy (non-hydrogen) atoms. The Morgan fingerprint density at radius 1 is 1.29 bits per heavy atom. The molecule has 2 aliphatic carbocycles. The number of aromatic nitrogens is 2. The third kappa shape index (κ3) is 2.59. The molecule has 0 aliphatic heterocycles. The molecule has 5 heteroatoms. The van der Waals surface area contributed by atoms with E-state index < -0.39 is 0 Å². The molecular weight excluding hydrogens is 280 g/mol. The number of anilines is 2. The Morgan fingerprint density at radius 3 is 2.86 bits per heavy atom. The third-order valence-corrected chi connectivity index (χ3v) is 5.61. The fourth-order valence-electron chi connectivity index (χ4n) is 3.15. The number of thiophene rings is 1. The minimum atomic E-state index is 0.588. The highest BCUT2D eigenvalue weighted by molar-refractivity contribution is 7.16. The zero-order valence-electron chi connectivity index (χ0n) is 12.5. The van der Waals surface area contributed by atoms with Crippen molar-refractivity contribution in [3.63, 3.8) is 0 Å². The molecule has 2 aromatic rings. The Morgan fingerprint density at radius 2 is 2.14 bits per heavy atom. The lowest BCUT2D eigenvalue weighted by molar-refractivity contribution is 0.466. The maximum absolute atomic E-state index is 4.69. The van der Waals surface area contributed by atoms with Gasteiger partial charge < -0.3 is 10.6 Å².